The first-order valence-electron chi connectivity index (χ1n) is 8.84. The molecule has 0 bridgehead atoms. The van der Waals surface area contributed by atoms with Gasteiger partial charge in [0.25, 0.3) is 0 Å². The lowest BCUT2D eigenvalue weighted by molar-refractivity contribution is -0.157. The van der Waals surface area contributed by atoms with Crippen LogP contribution in [0.3, 0.4) is 0 Å². The van der Waals surface area contributed by atoms with Crippen LogP contribution in [-0.2, 0) is 16.1 Å². The molecule has 10 heteroatoms. The molecule has 0 aromatic heterocycles. The van der Waals surface area contributed by atoms with Crippen LogP contribution >= 0.6 is 0 Å². The van der Waals surface area contributed by atoms with Crippen molar-refractivity contribution in [1.29, 1.82) is 0 Å². The van der Waals surface area contributed by atoms with Gasteiger partial charge in [-0.1, -0.05) is 12.1 Å². The smallest absolute Gasteiger partial charge is 0.352 e. The number of amides is 2. The molecule has 1 aliphatic heterocycles. The minimum absolute atomic E-state index is 0.121. The van der Waals surface area contributed by atoms with Gasteiger partial charge in [0.15, 0.2) is 5.96 Å². The number of nitrogens with zero attached hydrogens (tertiary/aromatic N) is 3. The standard InChI is InChI=1S/C18H24F3N5O2/c1-22-17(24-11-16(28)25(2)12-18(19,20)21)23-10-13-5-7-14(8-6-13)26-9-3-4-15(26)27/h5-8H,3-4,9-12H2,1-2H3,(H2,22,23,24). The highest BCUT2D eigenvalue weighted by atomic mass is 19.4. The van der Waals surface area contributed by atoms with Gasteiger partial charge < -0.3 is 20.4 Å². The summed E-state index contributed by atoms with van der Waals surface area (Å²) in [6, 6.07) is 7.49. The monoisotopic (exact) mass is 399 g/mol. The fourth-order valence-corrected chi connectivity index (χ4v) is 2.77. The Hall–Kier alpha value is -2.78. The number of nitrogens with one attached hydrogen (secondary N) is 2. The van der Waals surface area contributed by atoms with Crippen molar-refractivity contribution >= 4 is 23.5 Å². The molecule has 0 saturated carbocycles. The highest BCUT2D eigenvalue weighted by Gasteiger charge is 2.31. The average molecular weight is 399 g/mol. The molecule has 1 aromatic carbocycles. The Morgan fingerprint density at radius 3 is 2.46 bits per heavy atom. The zero-order valence-corrected chi connectivity index (χ0v) is 15.8. The van der Waals surface area contributed by atoms with Gasteiger partial charge in [0.05, 0.1) is 6.54 Å². The van der Waals surface area contributed by atoms with Gasteiger partial charge in [0.1, 0.15) is 6.54 Å². The molecule has 2 amide bonds. The Bertz CT molecular complexity index is 719. The summed E-state index contributed by atoms with van der Waals surface area (Å²) in [6.07, 6.45) is -3.00. The Morgan fingerprint density at radius 1 is 1.25 bits per heavy atom. The van der Waals surface area contributed by atoms with Crippen molar-refractivity contribution in [3.63, 3.8) is 0 Å². The van der Waals surface area contributed by atoms with Crippen LogP contribution in [0.4, 0.5) is 18.9 Å². The van der Waals surface area contributed by atoms with E-state index < -0.39 is 18.6 Å². The number of halogens is 3. The molecule has 0 unspecified atom stereocenters. The molecule has 2 rings (SSSR count). The highest BCUT2D eigenvalue weighted by molar-refractivity contribution is 5.95. The summed E-state index contributed by atoms with van der Waals surface area (Å²) >= 11 is 0. The molecule has 1 heterocycles. The fourth-order valence-electron chi connectivity index (χ4n) is 2.77. The molecule has 0 radical (unpaired) electrons. The molecular formula is C18H24F3N5O2. The summed E-state index contributed by atoms with van der Waals surface area (Å²) in [7, 11) is 2.60. The van der Waals surface area contributed by atoms with E-state index in [1.807, 2.05) is 24.3 Å². The third-order valence-corrected chi connectivity index (χ3v) is 4.25. The molecule has 1 fully saturated rings. The number of likely N-dealkylation sites (N-methyl/N-ethyl adjacent to an activating group) is 1. The van der Waals surface area contributed by atoms with Gasteiger partial charge in [0.2, 0.25) is 11.8 Å². The number of carbonyl (C=O) groups is 2. The third-order valence-electron chi connectivity index (χ3n) is 4.25. The summed E-state index contributed by atoms with van der Waals surface area (Å²) in [6.45, 7) is -0.474. The molecular weight excluding hydrogens is 375 g/mol. The third kappa shape index (κ3) is 6.43. The van der Waals surface area contributed by atoms with Crippen LogP contribution in [0.2, 0.25) is 0 Å². The van der Waals surface area contributed by atoms with Gasteiger partial charge in [-0.25, -0.2) is 0 Å². The topological polar surface area (TPSA) is 77.0 Å². The first-order valence-corrected chi connectivity index (χ1v) is 8.84. The van der Waals surface area contributed by atoms with Crippen LogP contribution in [0.15, 0.2) is 29.3 Å². The van der Waals surface area contributed by atoms with Gasteiger partial charge in [-0.15, -0.1) is 0 Å². The Labute approximate surface area is 161 Å². The van der Waals surface area contributed by atoms with E-state index in [0.717, 1.165) is 31.3 Å². The van der Waals surface area contributed by atoms with Gasteiger partial charge in [-0.2, -0.15) is 13.2 Å². The second-order valence-corrected chi connectivity index (χ2v) is 6.46. The van der Waals surface area contributed by atoms with E-state index in [1.54, 1.807) is 4.90 Å². The number of hydrogen-bond acceptors (Lipinski definition) is 3. The second kappa shape index (κ2) is 9.43. The summed E-state index contributed by atoms with van der Waals surface area (Å²) in [4.78, 5) is 29.8. The largest absolute Gasteiger partial charge is 0.406 e. The predicted molar refractivity (Wildman–Crippen MR) is 99.9 cm³/mol. The van der Waals surface area contributed by atoms with Crippen LogP contribution in [0.5, 0.6) is 0 Å². The lowest BCUT2D eigenvalue weighted by Gasteiger charge is -2.20. The van der Waals surface area contributed by atoms with E-state index >= 15 is 0 Å². The Balaban J connectivity index is 1.80. The van der Waals surface area contributed by atoms with E-state index in [0.29, 0.717) is 23.8 Å². The molecule has 28 heavy (non-hydrogen) atoms. The summed E-state index contributed by atoms with van der Waals surface area (Å²) in [5, 5.41) is 5.69. The summed E-state index contributed by atoms with van der Waals surface area (Å²) in [5.41, 5.74) is 1.78. The normalized spacial score (nSPS) is 15.0. The number of aliphatic imine (C=N–C) groups is 1. The van der Waals surface area contributed by atoms with Crippen LogP contribution in [0.1, 0.15) is 18.4 Å². The Morgan fingerprint density at radius 2 is 1.93 bits per heavy atom. The molecule has 1 saturated heterocycles. The second-order valence-electron chi connectivity index (χ2n) is 6.46. The van der Waals surface area contributed by atoms with Crippen molar-refractivity contribution < 1.29 is 22.8 Å². The zero-order valence-electron chi connectivity index (χ0n) is 15.8. The van der Waals surface area contributed by atoms with Crippen LogP contribution in [0, 0.1) is 0 Å². The van der Waals surface area contributed by atoms with Crippen molar-refractivity contribution in [2.45, 2.75) is 25.6 Å². The maximum atomic E-state index is 12.3. The van der Waals surface area contributed by atoms with E-state index in [2.05, 4.69) is 15.6 Å². The number of guanidine groups is 1. The minimum Gasteiger partial charge on any atom is -0.352 e. The average Bonchev–Trinajstić information content (AvgIpc) is 3.06. The van der Waals surface area contributed by atoms with Gasteiger partial charge >= 0.3 is 6.18 Å². The van der Waals surface area contributed by atoms with Crippen LogP contribution < -0.4 is 15.5 Å². The van der Waals surface area contributed by atoms with Crippen LogP contribution in [-0.4, -0.2) is 62.6 Å². The number of rotatable bonds is 6. The lowest BCUT2D eigenvalue weighted by atomic mass is 10.2. The predicted octanol–water partition coefficient (Wildman–Crippen LogP) is 1.50. The zero-order chi connectivity index (χ0) is 20.7. The molecule has 2 N–H and O–H groups in total. The number of benzene rings is 1. The highest BCUT2D eigenvalue weighted by Crippen LogP contribution is 2.21. The van der Waals surface area contributed by atoms with Gasteiger partial charge in [-0.05, 0) is 24.1 Å². The number of anilines is 1. The van der Waals surface area contributed by atoms with Crippen molar-refractivity contribution in [3.05, 3.63) is 29.8 Å². The SMILES string of the molecule is CN=C(NCC(=O)N(C)CC(F)(F)F)NCc1ccc(N2CCCC2=O)cc1. The maximum Gasteiger partial charge on any atom is 0.406 e. The summed E-state index contributed by atoms with van der Waals surface area (Å²) < 4.78 is 36.9. The molecule has 1 aromatic rings. The minimum atomic E-state index is -4.43. The van der Waals surface area contributed by atoms with Crippen molar-refractivity contribution in [2.24, 2.45) is 4.99 Å². The van der Waals surface area contributed by atoms with Crippen molar-refractivity contribution in [1.82, 2.24) is 15.5 Å². The molecule has 0 atom stereocenters. The molecule has 1 aliphatic rings. The van der Waals surface area contributed by atoms with E-state index in [9.17, 15) is 22.8 Å². The molecule has 7 nitrogen and oxygen atoms in total. The van der Waals surface area contributed by atoms with Crippen molar-refractivity contribution in [3.8, 4) is 0 Å². The van der Waals surface area contributed by atoms with E-state index in [1.165, 1.54) is 7.05 Å². The first kappa shape index (κ1) is 21.5. The molecule has 0 spiro atoms. The van der Waals surface area contributed by atoms with Gasteiger partial charge in [0, 0.05) is 39.3 Å². The quantitative estimate of drug-likeness (QED) is 0.562. The first-order chi connectivity index (χ1) is 13.2. The lowest BCUT2D eigenvalue weighted by Crippen LogP contribution is -2.45. The van der Waals surface area contributed by atoms with E-state index in [-0.39, 0.29) is 12.5 Å². The molecule has 0 aliphatic carbocycles. The van der Waals surface area contributed by atoms with E-state index in [4.69, 9.17) is 0 Å². The number of hydrogen-bond donors (Lipinski definition) is 2. The molecule has 154 valence electrons. The number of carbonyl (C=O) groups excluding carboxylic acids is 2. The van der Waals surface area contributed by atoms with Crippen molar-refractivity contribution in [2.75, 3.05) is 38.6 Å². The summed E-state index contributed by atoms with van der Waals surface area (Å²) in [5.74, 6) is -0.275. The maximum absolute atomic E-state index is 12.3. The van der Waals surface area contributed by atoms with Crippen LogP contribution in [0.25, 0.3) is 0 Å². The Kier molecular flexibility index (Phi) is 7.24. The van der Waals surface area contributed by atoms with Gasteiger partial charge in [-0.3, -0.25) is 14.6 Å². The fraction of sp³-hybridized carbons (Fsp3) is 0.500. The number of alkyl halides is 3.